The van der Waals surface area contributed by atoms with E-state index in [1.807, 2.05) is 0 Å². The van der Waals surface area contributed by atoms with E-state index in [2.05, 4.69) is 10.4 Å². The van der Waals surface area contributed by atoms with Crippen molar-refractivity contribution in [3.8, 4) is 5.69 Å². The Morgan fingerprint density at radius 1 is 1.44 bits per heavy atom. The number of nitrogens with zero attached hydrogens (tertiary/aromatic N) is 4. The van der Waals surface area contributed by atoms with Gasteiger partial charge in [0.25, 0.3) is 11.6 Å². The van der Waals surface area contributed by atoms with Gasteiger partial charge in [-0.2, -0.15) is 5.10 Å². The van der Waals surface area contributed by atoms with Gasteiger partial charge in [-0.1, -0.05) is 23.2 Å². The summed E-state index contributed by atoms with van der Waals surface area (Å²) in [5.41, 5.74) is 0.328. The van der Waals surface area contributed by atoms with Crippen molar-refractivity contribution in [3.63, 3.8) is 0 Å². The summed E-state index contributed by atoms with van der Waals surface area (Å²) in [6.07, 6.45) is 2.44. The molecule has 0 radical (unpaired) electrons. The molecule has 1 atom stereocenters. The number of aromatic nitrogens is 2. The molecule has 0 bridgehead atoms. The number of rotatable bonds is 4. The number of carbonyl (C=O) groups is 1. The van der Waals surface area contributed by atoms with Gasteiger partial charge in [-0.15, -0.1) is 0 Å². The van der Waals surface area contributed by atoms with Gasteiger partial charge < -0.3 is 10.2 Å². The van der Waals surface area contributed by atoms with Gasteiger partial charge in [-0.25, -0.2) is 4.68 Å². The Balaban J connectivity index is 1.89. The lowest BCUT2D eigenvalue weighted by Gasteiger charge is -2.22. The van der Waals surface area contributed by atoms with E-state index in [0.29, 0.717) is 0 Å². The number of nitro benzene ring substituents is 1. The number of halogens is 2. The summed E-state index contributed by atoms with van der Waals surface area (Å²) in [5.74, 6) is -0.207. The number of non-ortho nitro benzene ring substituents is 1. The monoisotopic (exact) mass is 383 g/mol. The van der Waals surface area contributed by atoms with Gasteiger partial charge >= 0.3 is 0 Å². The lowest BCUT2D eigenvalue weighted by molar-refractivity contribution is -0.384. The zero-order valence-corrected chi connectivity index (χ0v) is 14.8. The van der Waals surface area contributed by atoms with Crippen LogP contribution in [0.3, 0.4) is 0 Å². The van der Waals surface area contributed by atoms with Crippen LogP contribution in [-0.4, -0.2) is 51.7 Å². The minimum atomic E-state index is -0.579. The van der Waals surface area contributed by atoms with E-state index in [-0.39, 0.29) is 39.1 Å². The van der Waals surface area contributed by atoms with Gasteiger partial charge in [0, 0.05) is 38.0 Å². The lowest BCUT2D eigenvalue weighted by atomic mass is 10.2. The molecule has 10 heteroatoms. The summed E-state index contributed by atoms with van der Waals surface area (Å²) >= 11 is 12.2. The molecule has 8 nitrogen and oxygen atoms in total. The number of likely N-dealkylation sites (N-methyl/N-ethyl adjacent to an activating group) is 1. The van der Waals surface area contributed by atoms with Crippen LogP contribution in [0.5, 0.6) is 0 Å². The first-order valence-electron chi connectivity index (χ1n) is 7.56. The second-order valence-corrected chi connectivity index (χ2v) is 6.54. The number of benzene rings is 1. The fourth-order valence-electron chi connectivity index (χ4n) is 2.76. The van der Waals surface area contributed by atoms with Crippen molar-refractivity contribution in [2.45, 2.75) is 12.5 Å². The van der Waals surface area contributed by atoms with Crippen molar-refractivity contribution in [1.29, 1.82) is 0 Å². The molecular weight excluding hydrogens is 369 g/mol. The topological polar surface area (TPSA) is 93.3 Å². The fourth-order valence-corrected chi connectivity index (χ4v) is 3.40. The second kappa shape index (κ2) is 6.99. The number of hydrogen-bond acceptors (Lipinski definition) is 5. The summed E-state index contributed by atoms with van der Waals surface area (Å²) < 4.78 is 1.35. The Morgan fingerprint density at radius 2 is 2.12 bits per heavy atom. The molecule has 0 saturated carbocycles. The number of amides is 1. The van der Waals surface area contributed by atoms with Crippen molar-refractivity contribution in [1.82, 2.24) is 20.0 Å². The highest BCUT2D eigenvalue weighted by Gasteiger charge is 2.26. The third-order valence-corrected chi connectivity index (χ3v) is 4.73. The number of hydrogen-bond donors (Lipinski definition) is 1. The van der Waals surface area contributed by atoms with Gasteiger partial charge in [0.2, 0.25) is 0 Å². The average Bonchev–Trinajstić information content (AvgIpc) is 3.24. The molecule has 1 fully saturated rings. The maximum atomic E-state index is 12.6. The Hall–Kier alpha value is -2.16. The van der Waals surface area contributed by atoms with Crippen LogP contribution in [0.25, 0.3) is 5.69 Å². The van der Waals surface area contributed by atoms with Crippen LogP contribution in [0, 0.1) is 10.1 Å². The Morgan fingerprint density at radius 3 is 2.68 bits per heavy atom. The van der Waals surface area contributed by atoms with Crippen LogP contribution >= 0.6 is 23.2 Å². The van der Waals surface area contributed by atoms with Crippen LogP contribution in [0.4, 0.5) is 5.69 Å². The SMILES string of the molecule is CN(C(=O)c1ccn(-c2c(Cl)cc([N+](=O)[O-])cc2Cl)n1)C1CCNC1. The van der Waals surface area contributed by atoms with Gasteiger partial charge in [0.05, 0.1) is 15.0 Å². The minimum Gasteiger partial charge on any atom is -0.336 e. The van der Waals surface area contributed by atoms with Crippen molar-refractivity contribution in [2.75, 3.05) is 20.1 Å². The molecule has 132 valence electrons. The average molecular weight is 384 g/mol. The van der Waals surface area contributed by atoms with Gasteiger partial charge in [-0.05, 0) is 19.0 Å². The Kier molecular flexibility index (Phi) is 4.94. The van der Waals surface area contributed by atoms with E-state index in [9.17, 15) is 14.9 Å². The van der Waals surface area contributed by atoms with Crippen LogP contribution in [-0.2, 0) is 0 Å². The van der Waals surface area contributed by atoms with E-state index in [1.54, 1.807) is 24.2 Å². The number of carbonyl (C=O) groups excluding carboxylic acids is 1. The maximum Gasteiger partial charge on any atom is 0.274 e. The molecular formula is C15H15Cl2N5O3. The first-order valence-corrected chi connectivity index (χ1v) is 8.31. The highest BCUT2D eigenvalue weighted by atomic mass is 35.5. The van der Waals surface area contributed by atoms with E-state index >= 15 is 0 Å². The van der Waals surface area contributed by atoms with Gasteiger partial charge in [0.15, 0.2) is 5.69 Å². The molecule has 2 heterocycles. The first kappa shape index (κ1) is 17.7. The van der Waals surface area contributed by atoms with Crippen LogP contribution < -0.4 is 5.32 Å². The summed E-state index contributed by atoms with van der Waals surface area (Å²) in [4.78, 5) is 24.5. The van der Waals surface area contributed by atoms with Crippen molar-refractivity contribution < 1.29 is 9.72 Å². The molecule has 1 aromatic carbocycles. The van der Waals surface area contributed by atoms with E-state index in [4.69, 9.17) is 23.2 Å². The molecule has 0 aliphatic carbocycles. The first-order chi connectivity index (χ1) is 11.9. The van der Waals surface area contributed by atoms with Crippen molar-refractivity contribution in [3.05, 3.63) is 50.2 Å². The zero-order chi connectivity index (χ0) is 18.1. The third-order valence-electron chi connectivity index (χ3n) is 4.15. The van der Waals surface area contributed by atoms with Crippen molar-refractivity contribution >= 4 is 34.8 Å². The fraction of sp³-hybridized carbons (Fsp3) is 0.333. The lowest BCUT2D eigenvalue weighted by Crippen LogP contribution is -2.38. The van der Waals surface area contributed by atoms with Crippen molar-refractivity contribution in [2.24, 2.45) is 0 Å². The summed E-state index contributed by atoms with van der Waals surface area (Å²) in [6.45, 7) is 1.63. The summed E-state index contributed by atoms with van der Waals surface area (Å²) in [5, 5.41) is 18.5. The molecule has 1 unspecified atom stereocenters. The molecule has 1 aromatic heterocycles. The van der Waals surface area contributed by atoms with Crippen LogP contribution in [0.15, 0.2) is 24.4 Å². The standard InChI is InChI=1S/C15H15Cl2N5O3/c1-20(9-2-4-18-8-9)15(23)13-3-5-21(19-13)14-11(16)6-10(22(24)25)7-12(14)17/h3,5-7,9,18H,2,4,8H2,1H3. The molecule has 1 amide bonds. The molecule has 1 N–H and O–H groups in total. The molecule has 0 spiro atoms. The molecule has 25 heavy (non-hydrogen) atoms. The quantitative estimate of drug-likeness (QED) is 0.646. The molecule has 2 aromatic rings. The van der Waals surface area contributed by atoms with Crippen LogP contribution in [0.2, 0.25) is 10.0 Å². The smallest absolute Gasteiger partial charge is 0.274 e. The normalized spacial score (nSPS) is 16.8. The molecule has 1 saturated heterocycles. The van der Waals surface area contributed by atoms with Gasteiger partial charge in [0.1, 0.15) is 5.69 Å². The van der Waals surface area contributed by atoms with E-state index in [0.717, 1.165) is 19.5 Å². The predicted octanol–water partition coefficient (Wildman–Crippen LogP) is 2.52. The Labute approximate surface area is 153 Å². The summed E-state index contributed by atoms with van der Waals surface area (Å²) in [6, 6.07) is 4.09. The predicted molar refractivity (Wildman–Crippen MR) is 93.6 cm³/mol. The highest BCUT2D eigenvalue weighted by molar-refractivity contribution is 6.38. The van der Waals surface area contributed by atoms with E-state index in [1.165, 1.54) is 16.8 Å². The maximum absolute atomic E-state index is 12.6. The third kappa shape index (κ3) is 3.46. The minimum absolute atomic E-state index is 0.0784. The van der Waals surface area contributed by atoms with Crippen LogP contribution in [0.1, 0.15) is 16.9 Å². The number of nitro groups is 1. The number of nitrogens with one attached hydrogen (secondary N) is 1. The summed E-state index contributed by atoms with van der Waals surface area (Å²) in [7, 11) is 1.74. The second-order valence-electron chi connectivity index (χ2n) is 5.72. The highest BCUT2D eigenvalue weighted by Crippen LogP contribution is 2.32. The molecule has 1 aliphatic heterocycles. The molecule has 1 aliphatic rings. The molecule has 3 rings (SSSR count). The van der Waals surface area contributed by atoms with E-state index < -0.39 is 4.92 Å². The van der Waals surface area contributed by atoms with Gasteiger partial charge in [-0.3, -0.25) is 14.9 Å². The zero-order valence-electron chi connectivity index (χ0n) is 13.3. The largest absolute Gasteiger partial charge is 0.336 e. The Bertz CT molecular complexity index is 809.